The van der Waals surface area contributed by atoms with Crippen molar-refractivity contribution in [2.45, 2.75) is 13.0 Å². The summed E-state index contributed by atoms with van der Waals surface area (Å²) < 4.78 is 5.27. The zero-order chi connectivity index (χ0) is 10.7. The van der Waals surface area contributed by atoms with Crippen LogP contribution in [0, 0.1) is 0 Å². The number of amides is 1. The molecule has 7 nitrogen and oxygen atoms in total. The number of anilines is 1. The summed E-state index contributed by atoms with van der Waals surface area (Å²) in [5.74, 6) is 0.356. The number of hydrogen-bond donors (Lipinski definition) is 2. The third-order valence-electron chi connectivity index (χ3n) is 2.16. The predicted octanol–water partition coefficient (Wildman–Crippen LogP) is -1.15. The number of nitrogens with zero attached hydrogens (tertiary/aromatic N) is 3. The third-order valence-corrected chi connectivity index (χ3v) is 2.16. The van der Waals surface area contributed by atoms with Crippen LogP contribution in [0.1, 0.15) is 12.3 Å². The molecule has 1 aromatic heterocycles. The molecule has 2 rings (SSSR count). The van der Waals surface area contributed by atoms with Gasteiger partial charge < -0.3 is 20.4 Å². The highest BCUT2D eigenvalue weighted by atomic mass is 16.4. The van der Waals surface area contributed by atoms with E-state index in [-0.39, 0.29) is 19.0 Å². The van der Waals surface area contributed by atoms with Crippen LogP contribution in [-0.2, 0) is 11.3 Å². The Kier molecular flexibility index (Phi) is 2.82. The van der Waals surface area contributed by atoms with Crippen LogP contribution in [0.15, 0.2) is 4.42 Å². The van der Waals surface area contributed by atoms with Crippen molar-refractivity contribution in [1.82, 2.24) is 15.5 Å². The van der Waals surface area contributed by atoms with E-state index in [0.717, 1.165) is 13.0 Å². The van der Waals surface area contributed by atoms with Gasteiger partial charge in [-0.3, -0.25) is 4.79 Å². The minimum atomic E-state index is -0.0278. The van der Waals surface area contributed by atoms with Crippen LogP contribution in [0.4, 0.5) is 6.01 Å². The summed E-state index contributed by atoms with van der Waals surface area (Å²) in [7, 11) is 0. The molecular weight excluding hydrogens is 198 g/mol. The topological polar surface area (TPSA) is 97.3 Å². The maximum atomic E-state index is 11.3. The van der Waals surface area contributed by atoms with Crippen molar-refractivity contribution < 1.29 is 9.21 Å². The molecular formula is C8H13N5O2. The molecule has 1 aliphatic heterocycles. The summed E-state index contributed by atoms with van der Waals surface area (Å²) >= 11 is 0. The molecule has 0 unspecified atom stereocenters. The first-order valence-electron chi connectivity index (χ1n) is 4.83. The van der Waals surface area contributed by atoms with E-state index in [4.69, 9.17) is 10.2 Å². The minimum absolute atomic E-state index is 0.0278. The first-order chi connectivity index (χ1) is 7.29. The molecule has 0 atom stereocenters. The quantitative estimate of drug-likeness (QED) is 0.641. The molecule has 7 heteroatoms. The standard InChI is InChI=1S/C8H13N5O2/c9-4-7-11-12-8(15-7)13-3-1-2-10-6(14)5-13/h1-5,9H2,(H,10,14). The molecule has 2 heterocycles. The molecule has 1 aromatic rings. The molecule has 0 saturated carbocycles. The largest absolute Gasteiger partial charge is 0.407 e. The van der Waals surface area contributed by atoms with Gasteiger partial charge in [0.1, 0.15) is 6.54 Å². The highest BCUT2D eigenvalue weighted by Gasteiger charge is 2.19. The van der Waals surface area contributed by atoms with Gasteiger partial charge in [0.25, 0.3) is 0 Å². The van der Waals surface area contributed by atoms with Crippen molar-refractivity contribution in [2.75, 3.05) is 24.5 Å². The Morgan fingerprint density at radius 1 is 1.53 bits per heavy atom. The minimum Gasteiger partial charge on any atom is -0.407 e. The van der Waals surface area contributed by atoms with Crippen LogP contribution in [0.5, 0.6) is 0 Å². The number of nitrogens with one attached hydrogen (secondary N) is 1. The zero-order valence-corrected chi connectivity index (χ0v) is 8.27. The van der Waals surface area contributed by atoms with E-state index in [2.05, 4.69) is 15.5 Å². The highest BCUT2D eigenvalue weighted by molar-refractivity contribution is 5.80. The fraction of sp³-hybridized carbons (Fsp3) is 0.625. The molecule has 3 N–H and O–H groups in total. The van der Waals surface area contributed by atoms with Gasteiger partial charge in [-0.05, 0) is 6.42 Å². The van der Waals surface area contributed by atoms with Crippen LogP contribution in [0.3, 0.4) is 0 Å². The second-order valence-corrected chi connectivity index (χ2v) is 3.31. The number of carbonyl (C=O) groups excluding carboxylic acids is 1. The molecule has 1 aliphatic rings. The summed E-state index contributed by atoms with van der Waals surface area (Å²) in [5, 5.41) is 10.4. The van der Waals surface area contributed by atoms with E-state index in [1.54, 1.807) is 4.90 Å². The molecule has 1 amide bonds. The molecule has 0 aliphatic carbocycles. The predicted molar refractivity (Wildman–Crippen MR) is 52.0 cm³/mol. The van der Waals surface area contributed by atoms with Gasteiger partial charge in [0.05, 0.1) is 6.54 Å². The molecule has 1 fully saturated rings. The van der Waals surface area contributed by atoms with Gasteiger partial charge in [0.15, 0.2) is 0 Å². The Balaban J connectivity index is 2.10. The molecule has 0 aromatic carbocycles. The van der Waals surface area contributed by atoms with Gasteiger partial charge in [-0.15, -0.1) is 5.10 Å². The van der Waals surface area contributed by atoms with Crippen molar-refractivity contribution in [1.29, 1.82) is 0 Å². The fourth-order valence-electron chi connectivity index (χ4n) is 1.42. The van der Waals surface area contributed by atoms with Crippen LogP contribution in [0.25, 0.3) is 0 Å². The number of rotatable bonds is 2. The van der Waals surface area contributed by atoms with Crippen molar-refractivity contribution in [2.24, 2.45) is 5.73 Å². The van der Waals surface area contributed by atoms with Crippen molar-refractivity contribution in [3.05, 3.63) is 5.89 Å². The number of carbonyl (C=O) groups is 1. The van der Waals surface area contributed by atoms with Crippen molar-refractivity contribution >= 4 is 11.9 Å². The van der Waals surface area contributed by atoms with E-state index in [1.807, 2.05) is 0 Å². The van der Waals surface area contributed by atoms with Gasteiger partial charge in [-0.25, -0.2) is 0 Å². The van der Waals surface area contributed by atoms with Gasteiger partial charge in [0.2, 0.25) is 11.8 Å². The summed E-state index contributed by atoms with van der Waals surface area (Å²) in [6, 6.07) is 0.368. The Bertz CT molecular complexity index is 351. The van der Waals surface area contributed by atoms with Gasteiger partial charge in [-0.1, -0.05) is 5.10 Å². The summed E-state index contributed by atoms with van der Waals surface area (Å²) in [6.45, 7) is 1.89. The second kappa shape index (κ2) is 4.26. The summed E-state index contributed by atoms with van der Waals surface area (Å²) in [4.78, 5) is 13.0. The van der Waals surface area contributed by atoms with E-state index in [0.29, 0.717) is 18.5 Å². The van der Waals surface area contributed by atoms with E-state index < -0.39 is 0 Å². The first-order valence-corrected chi connectivity index (χ1v) is 4.83. The summed E-state index contributed by atoms with van der Waals surface area (Å²) in [6.07, 6.45) is 0.867. The highest BCUT2D eigenvalue weighted by Crippen LogP contribution is 2.12. The smallest absolute Gasteiger partial charge is 0.318 e. The van der Waals surface area contributed by atoms with E-state index in [1.165, 1.54) is 0 Å². The number of hydrogen-bond acceptors (Lipinski definition) is 6. The third kappa shape index (κ3) is 2.24. The average molecular weight is 211 g/mol. The van der Waals surface area contributed by atoms with Gasteiger partial charge in [0, 0.05) is 13.1 Å². The van der Waals surface area contributed by atoms with E-state index >= 15 is 0 Å². The Morgan fingerprint density at radius 2 is 2.40 bits per heavy atom. The fourth-order valence-corrected chi connectivity index (χ4v) is 1.42. The average Bonchev–Trinajstić information content (AvgIpc) is 2.61. The zero-order valence-electron chi connectivity index (χ0n) is 8.27. The Labute approximate surface area is 86.6 Å². The van der Waals surface area contributed by atoms with Crippen LogP contribution in [0.2, 0.25) is 0 Å². The Morgan fingerprint density at radius 3 is 3.13 bits per heavy atom. The van der Waals surface area contributed by atoms with Crippen LogP contribution in [-0.4, -0.2) is 35.7 Å². The molecule has 15 heavy (non-hydrogen) atoms. The van der Waals surface area contributed by atoms with Crippen LogP contribution < -0.4 is 16.0 Å². The van der Waals surface area contributed by atoms with Gasteiger partial charge >= 0.3 is 6.01 Å². The van der Waals surface area contributed by atoms with E-state index in [9.17, 15) is 4.79 Å². The SMILES string of the molecule is NCc1nnc(N2CCCNC(=O)C2)o1. The molecule has 82 valence electrons. The lowest BCUT2D eigenvalue weighted by Crippen LogP contribution is -2.33. The number of aromatic nitrogens is 2. The van der Waals surface area contributed by atoms with Crippen LogP contribution >= 0.6 is 0 Å². The number of nitrogens with two attached hydrogens (primary N) is 1. The lowest BCUT2D eigenvalue weighted by Gasteiger charge is -2.14. The molecule has 1 saturated heterocycles. The summed E-state index contributed by atoms with van der Waals surface area (Å²) in [5.41, 5.74) is 5.36. The molecule has 0 spiro atoms. The monoisotopic (exact) mass is 211 g/mol. The van der Waals surface area contributed by atoms with Gasteiger partial charge in [-0.2, -0.15) is 0 Å². The first kappa shape index (κ1) is 9.91. The lowest BCUT2D eigenvalue weighted by molar-refractivity contribution is -0.119. The van der Waals surface area contributed by atoms with Crippen molar-refractivity contribution in [3.63, 3.8) is 0 Å². The maximum Gasteiger partial charge on any atom is 0.318 e. The Hall–Kier alpha value is -1.63. The molecule has 0 radical (unpaired) electrons. The normalized spacial score (nSPS) is 17.4. The maximum absolute atomic E-state index is 11.3. The lowest BCUT2D eigenvalue weighted by atomic mass is 10.4. The molecule has 0 bridgehead atoms. The second-order valence-electron chi connectivity index (χ2n) is 3.31. The van der Waals surface area contributed by atoms with Crippen molar-refractivity contribution in [3.8, 4) is 0 Å².